The van der Waals surface area contributed by atoms with E-state index < -0.39 is 10.0 Å². The molecule has 98 valence electrons. The second kappa shape index (κ2) is 7.33. The average molecular weight is 298 g/mol. The van der Waals surface area contributed by atoms with Gasteiger partial charge in [0.15, 0.2) is 0 Å². The molecule has 7 heteroatoms. The molecule has 0 bridgehead atoms. The smallest absolute Gasteiger partial charge is 0.211 e. The number of sulfonamides is 1. The number of unbranched alkanes of at least 4 members (excludes halogenated alkanes) is 1. The van der Waals surface area contributed by atoms with Crippen LogP contribution < -0.4 is 4.72 Å². The van der Waals surface area contributed by atoms with Crippen LogP contribution in [0.15, 0.2) is 12.1 Å². The first-order chi connectivity index (χ1) is 8.03. The fourth-order valence-electron chi connectivity index (χ4n) is 1.29. The molecule has 1 aromatic rings. The Bertz CT molecular complexity index is 431. The summed E-state index contributed by atoms with van der Waals surface area (Å²) in [5.41, 5.74) is 0. The quantitative estimate of drug-likeness (QED) is 0.717. The summed E-state index contributed by atoms with van der Waals surface area (Å²) < 4.78 is 26.2. The zero-order chi connectivity index (χ0) is 12.7. The molecular weight excluding hydrogens is 282 g/mol. The van der Waals surface area contributed by atoms with Gasteiger partial charge in [0.2, 0.25) is 10.0 Å². The zero-order valence-corrected chi connectivity index (χ0v) is 11.7. The van der Waals surface area contributed by atoms with Crippen molar-refractivity contribution in [2.24, 2.45) is 0 Å². The molecule has 0 aliphatic rings. The van der Waals surface area contributed by atoms with Crippen LogP contribution in [-0.4, -0.2) is 32.4 Å². The van der Waals surface area contributed by atoms with E-state index in [4.69, 9.17) is 16.7 Å². The Morgan fingerprint density at radius 1 is 1.35 bits per heavy atom. The number of halogens is 1. The number of hydrogen-bond donors (Lipinski definition) is 2. The third-order valence-electron chi connectivity index (χ3n) is 2.14. The number of thiophene rings is 1. The minimum absolute atomic E-state index is 0.0310. The fraction of sp³-hybridized carbons (Fsp3) is 0.600. The number of rotatable bonds is 8. The van der Waals surface area contributed by atoms with Gasteiger partial charge in [0.1, 0.15) is 0 Å². The van der Waals surface area contributed by atoms with E-state index in [1.165, 1.54) is 11.3 Å². The predicted molar refractivity (Wildman–Crippen MR) is 71.1 cm³/mol. The third-order valence-corrected chi connectivity index (χ3v) is 4.90. The molecule has 0 spiro atoms. The lowest BCUT2D eigenvalue weighted by Crippen LogP contribution is -2.28. The Balaban J connectivity index is 2.25. The monoisotopic (exact) mass is 297 g/mol. The van der Waals surface area contributed by atoms with E-state index in [0.717, 1.165) is 4.88 Å². The lowest BCUT2D eigenvalue weighted by atomic mass is 10.3. The Morgan fingerprint density at radius 2 is 2.12 bits per heavy atom. The summed E-state index contributed by atoms with van der Waals surface area (Å²) in [5.74, 6) is 0.0682. The number of hydrogen-bond acceptors (Lipinski definition) is 4. The van der Waals surface area contributed by atoms with Crippen LogP contribution in [0.4, 0.5) is 0 Å². The Morgan fingerprint density at radius 3 is 2.71 bits per heavy atom. The molecule has 4 nitrogen and oxygen atoms in total. The maximum absolute atomic E-state index is 11.5. The first kappa shape index (κ1) is 14.9. The average Bonchev–Trinajstić information content (AvgIpc) is 2.64. The van der Waals surface area contributed by atoms with Gasteiger partial charge in [-0.2, -0.15) is 0 Å². The van der Waals surface area contributed by atoms with Crippen molar-refractivity contribution in [2.75, 3.05) is 18.9 Å². The van der Waals surface area contributed by atoms with E-state index in [1.54, 1.807) is 6.07 Å². The van der Waals surface area contributed by atoms with Crippen LogP contribution in [0.2, 0.25) is 4.34 Å². The van der Waals surface area contributed by atoms with Gasteiger partial charge in [0.25, 0.3) is 0 Å². The van der Waals surface area contributed by atoms with Crippen LogP contribution in [0.3, 0.4) is 0 Å². The summed E-state index contributed by atoms with van der Waals surface area (Å²) in [4.78, 5) is 1.06. The molecule has 0 fully saturated rings. The molecule has 1 aromatic heterocycles. The summed E-state index contributed by atoms with van der Waals surface area (Å²) in [6.07, 6.45) is 1.65. The molecule has 0 aromatic carbocycles. The van der Waals surface area contributed by atoms with Crippen LogP contribution in [-0.2, 0) is 16.4 Å². The molecule has 17 heavy (non-hydrogen) atoms. The molecule has 0 aliphatic heterocycles. The number of aliphatic hydroxyl groups excluding tert-OH is 1. The van der Waals surface area contributed by atoms with Gasteiger partial charge in [-0.25, -0.2) is 13.1 Å². The maximum atomic E-state index is 11.5. The summed E-state index contributed by atoms with van der Waals surface area (Å²) in [7, 11) is -3.21. The molecule has 0 unspecified atom stereocenters. The van der Waals surface area contributed by atoms with E-state index in [2.05, 4.69) is 4.72 Å². The zero-order valence-electron chi connectivity index (χ0n) is 9.36. The van der Waals surface area contributed by atoms with Crippen LogP contribution in [0.5, 0.6) is 0 Å². The second-order valence-electron chi connectivity index (χ2n) is 3.60. The highest BCUT2D eigenvalue weighted by Gasteiger charge is 2.09. The molecule has 1 rings (SSSR count). The fourth-order valence-corrected chi connectivity index (χ4v) is 3.52. The molecule has 2 N–H and O–H groups in total. The highest BCUT2D eigenvalue weighted by molar-refractivity contribution is 7.89. The lowest BCUT2D eigenvalue weighted by molar-refractivity contribution is 0.287. The summed E-state index contributed by atoms with van der Waals surface area (Å²) in [5, 5.41) is 8.56. The van der Waals surface area contributed by atoms with Gasteiger partial charge < -0.3 is 5.11 Å². The Hall–Kier alpha value is -0.140. The van der Waals surface area contributed by atoms with E-state index in [-0.39, 0.29) is 12.4 Å². The first-order valence-corrected chi connectivity index (χ1v) is 8.20. The molecule has 0 radical (unpaired) electrons. The lowest BCUT2D eigenvalue weighted by Gasteiger charge is -2.05. The standard InChI is InChI=1S/C10H16ClNO3S2/c11-10-4-3-9(16-10)5-6-12-17(14,15)8-2-1-7-13/h3-4,12-13H,1-2,5-8H2. The topological polar surface area (TPSA) is 66.4 Å². The molecule has 0 saturated carbocycles. The van der Waals surface area contributed by atoms with Crippen molar-refractivity contribution in [2.45, 2.75) is 19.3 Å². The van der Waals surface area contributed by atoms with Gasteiger partial charge in [-0.1, -0.05) is 11.6 Å². The van der Waals surface area contributed by atoms with E-state index in [0.29, 0.717) is 30.1 Å². The van der Waals surface area contributed by atoms with Gasteiger partial charge >= 0.3 is 0 Å². The van der Waals surface area contributed by atoms with Crippen LogP contribution in [0.1, 0.15) is 17.7 Å². The predicted octanol–water partition coefficient (Wildman–Crippen LogP) is 1.64. The van der Waals surface area contributed by atoms with Crippen molar-refractivity contribution >= 4 is 33.0 Å². The third kappa shape index (κ3) is 6.38. The van der Waals surface area contributed by atoms with E-state index in [9.17, 15) is 8.42 Å². The van der Waals surface area contributed by atoms with Crippen molar-refractivity contribution in [3.8, 4) is 0 Å². The highest BCUT2D eigenvalue weighted by atomic mass is 35.5. The minimum Gasteiger partial charge on any atom is -0.396 e. The van der Waals surface area contributed by atoms with Gasteiger partial charge in [-0.05, 0) is 31.4 Å². The molecule has 0 saturated heterocycles. The summed E-state index contributed by atoms with van der Waals surface area (Å²) in [6.45, 7) is 0.418. The van der Waals surface area contributed by atoms with Crippen molar-refractivity contribution < 1.29 is 13.5 Å². The number of aliphatic hydroxyl groups is 1. The minimum atomic E-state index is -3.21. The molecular formula is C10H16ClNO3S2. The van der Waals surface area contributed by atoms with Crippen molar-refractivity contribution in [3.05, 3.63) is 21.3 Å². The largest absolute Gasteiger partial charge is 0.396 e. The Kier molecular flexibility index (Phi) is 6.43. The number of nitrogens with one attached hydrogen (secondary N) is 1. The van der Waals surface area contributed by atoms with Gasteiger partial charge in [-0.15, -0.1) is 11.3 Å². The summed E-state index contributed by atoms with van der Waals surface area (Å²) >= 11 is 7.23. The van der Waals surface area contributed by atoms with E-state index in [1.807, 2.05) is 6.07 Å². The van der Waals surface area contributed by atoms with Crippen molar-refractivity contribution in [3.63, 3.8) is 0 Å². The van der Waals surface area contributed by atoms with E-state index >= 15 is 0 Å². The van der Waals surface area contributed by atoms with Gasteiger partial charge in [0, 0.05) is 18.0 Å². The van der Waals surface area contributed by atoms with Crippen molar-refractivity contribution in [1.82, 2.24) is 4.72 Å². The Labute approximate surface area is 111 Å². The van der Waals surface area contributed by atoms with Gasteiger partial charge in [0.05, 0.1) is 10.1 Å². The maximum Gasteiger partial charge on any atom is 0.211 e. The SMILES string of the molecule is O=S(=O)(CCCCO)NCCc1ccc(Cl)s1. The molecule has 0 amide bonds. The first-order valence-electron chi connectivity index (χ1n) is 5.36. The second-order valence-corrected chi connectivity index (χ2v) is 7.33. The van der Waals surface area contributed by atoms with Crippen LogP contribution >= 0.6 is 22.9 Å². The molecule has 0 aliphatic carbocycles. The molecule has 0 atom stereocenters. The molecule has 1 heterocycles. The highest BCUT2D eigenvalue weighted by Crippen LogP contribution is 2.21. The van der Waals surface area contributed by atoms with Crippen LogP contribution in [0, 0.1) is 0 Å². The van der Waals surface area contributed by atoms with Crippen LogP contribution in [0.25, 0.3) is 0 Å². The van der Waals surface area contributed by atoms with Gasteiger partial charge in [-0.3, -0.25) is 0 Å². The summed E-state index contributed by atoms with van der Waals surface area (Å²) in [6, 6.07) is 3.70. The van der Waals surface area contributed by atoms with Crippen molar-refractivity contribution in [1.29, 1.82) is 0 Å². The normalized spacial score (nSPS) is 11.9.